The van der Waals surface area contributed by atoms with Gasteiger partial charge in [-0.05, 0) is 29.1 Å². The zero-order valence-electron chi connectivity index (χ0n) is 10.0. The van der Waals surface area contributed by atoms with Crippen molar-refractivity contribution in [1.82, 2.24) is 5.32 Å². The van der Waals surface area contributed by atoms with Crippen LogP contribution in [-0.4, -0.2) is 11.1 Å². The Labute approximate surface area is 115 Å². The fourth-order valence-corrected chi connectivity index (χ4v) is 2.29. The average Bonchev–Trinajstić information content (AvgIpc) is 2.96. The molecule has 0 aliphatic rings. The van der Waals surface area contributed by atoms with E-state index in [4.69, 9.17) is 5.11 Å². The molecule has 4 nitrogen and oxygen atoms in total. The first-order chi connectivity index (χ1) is 9.36. The van der Waals surface area contributed by atoms with Gasteiger partial charge in [-0.1, -0.05) is 0 Å². The fraction of sp³-hybridized carbons (Fsp3) is 0.250. The molecule has 0 unspecified atom stereocenters. The lowest BCUT2D eigenvalue weighted by molar-refractivity contribution is -0.153. The van der Waals surface area contributed by atoms with Crippen molar-refractivity contribution < 1.29 is 27.5 Å². The largest absolute Gasteiger partial charge is 0.477 e. The predicted octanol–water partition coefficient (Wildman–Crippen LogP) is 3.35. The van der Waals surface area contributed by atoms with Crippen molar-refractivity contribution in [3.05, 3.63) is 45.5 Å². The number of halogens is 3. The summed E-state index contributed by atoms with van der Waals surface area (Å²) in [4.78, 5) is 10.9. The number of hydrogen-bond donors (Lipinski definition) is 2. The SMILES string of the molecule is O=C(O)c1cc(CNCc2ccc(C(F)(F)F)o2)cs1. The van der Waals surface area contributed by atoms with Crippen LogP contribution in [0.1, 0.15) is 26.8 Å². The van der Waals surface area contributed by atoms with E-state index in [0.717, 1.165) is 23.0 Å². The molecule has 2 rings (SSSR count). The van der Waals surface area contributed by atoms with Crippen LogP contribution in [0.4, 0.5) is 13.2 Å². The molecule has 2 heterocycles. The summed E-state index contributed by atoms with van der Waals surface area (Å²) in [6.45, 7) is 0.486. The van der Waals surface area contributed by atoms with Crippen LogP contribution in [0.2, 0.25) is 0 Å². The molecule has 0 aliphatic heterocycles. The maximum atomic E-state index is 12.3. The summed E-state index contributed by atoms with van der Waals surface area (Å²) >= 11 is 1.10. The lowest BCUT2D eigenvalue weighted by Crippen LogP contribution is -2.11. The van der Waals surface area contributed by atoms with Gasteiger partial charge in [0.25, 0.3) is 0 Å². The molecule has 2 N–H and O–H groups in total. The number of carbonyl (C=O) groups is 1. The van der Waals surface area contributed by atoms with Gasteiger partial charge in [0.2, 0.25) is 5.76 Å². The third kappa shape index (κ3) is 3.61. The third-order valence-corrected chi connectivity index (χ3v) is 3.40. The number of thiophene rings is 1. The summed E-state index contributed by atoms with van der Waals surface area (Å²) in [5.41, 5.74) is 0.759. The Hall–Kier alpha value is -1.80. The van der Waals surface area contributed by atoms with E-state index in [1.54, 1.807) is 5.38 Å². The van der Waals surface area contributed by atoms with E-state index in [9.17, 15) is 18.0 Å². The Morgan fingerprint density at radius 3 is 2.65 bits per heavy atom. The van der Waals surface area contributed by atoms with E-state index < -0.39 is 17.9 Å². The molecule has 0 spiro atoms. The van der Waals surface area contributed by atoms with E-state index in [1.807, 2.05) is 0 Å². The first-order valence-corrected chi connectivity index (χ1v) is 6.41. The molecule has 108 valence electrons. The molecule has 0 saturated heterocycles. The summed E-state index contributed by atoms with van der Waals surface area (Å²) < 4.78 is 41.5. The number of furan rings is 1. The molecule has 0 saturated carbocycles. The summed E-state index contributed by atoms with van der Waals surface area (Å²) in [6, 6.07) is 3.65. The van der Waals surface area contributed by atoms with Gasteiger partial charge in [-0.2, -0.15) is 13.2 Å². The molecule has 0 fully saturated rings. The van der Waals surface area contributed by atoms with Crippen LogP contribution in [0.3, 0.4) is 0 Å². The van der Waals surface area contributed by atoms with Gasteiger partial charge in [-0.3, -0.25) is 0 Å². The van der Waals surface area contributed by atoms with Gasteiger partial charge in [-0.25, -0.2) is 4.79 Å². The highest BCUT2D eigenvalue weighted by Gasteiger charge is 2.34. The van der Waals surface area contributed by atoms with Crippen molar-refractivity contribution in [2.45, 2.75) is 19.3 Å². The maximum Gasteiger partial charge on any atom is 0.449 e. The van der Waals surface area contributed by atoms with E-state index >= 15 is 0 Å². The topological polar surface area (TPSA) is 62.5 Å². The Morgan fingerprint density at radius 2 is 2.10 bits per heavy atom. The highest BCUT2D eigenvalue weighted by atomic mass is 32.1. The Morgan fingerprint density at radius 1 is 1.35 bits per heavy atom. The second-order valence-corrected chi connectivity index (χ2v) is 4.90. The zero-order chi connectivity index (χ0) is 14.8. The second-order valence-electron chi connectivity index (χ2n) is 3.99. The number of nitrogens with one attached hydrogen (secondary N) is 1. The van der Waals surface area contributed by atoms with E-state index in [0.29, 0.717) is 6.54 Å². The van der Waals surface area contributed by atoms with Gasteiger partial charge in [0.1, 0.15) is 10.6 Å². The fourth-order valence-electron chi connectivity index (χ4n) is 1.54. The van der Waals surface area contributed by atoms with Crippen LogP contribution in [-0.2, 0) is 19.3 Å². The number of hydrogen-bond acceptors (Lipinski definition) is 4. The van der Waals surface area contributed by atoms with E-state index in [-0.39, 0.29) is 17.2 Å². The molecule has 8 heteroatoms. The quantitative estimate of drug-likeness (QED) is 0.889. The Bertz CT molecular complexity index is 603. The predicted molar refractivity (Wildman–Crippen MR) is 65.5 cm³/mol. The number of rotatable bonds is 5. The molecule has 0 atom stereocenters. The monoisotopic (exact) mass is 305 g/mol. The molecular weight excluding hydrogens is 295 g/mol. The molecule has 0 radical (unpaired) electrons. The normalized spacial score (nSPS) is 11.8. The first kappa shape index (κ1) is 14.6. The van der Waals surface area contributed by atoms with Crippen LogP contribution in [0.15, 0.2) is 28.0 Å². The first-order valence-electron chi connectivity index (χ1n) is 5.53. The van der Waals surface area contributed by atoms with Gasteiger partial charge in [0.15, 0.2) is 0 Å². The number of alkyl halides is 3. The van der Waals surface area contributed by atoms with Crippen molar-refractivity contribution in [2.24, 2.45) is 0 Å². The lowest BCUT2D eigenvalue weighted by atomic mass is 10.3. The van der Waals surface area contributed by atoms with Crippen LogP contribution < -0.4 is 5.32 Å². The van der Waals surface area contributed by atoms with Crippen LogP contribution >= 0.6 is 11.3 Å². The molecule has 2 aromatic rings. The minimum absolute atomic E-state index is 0.133. The molecule has 0 aromatic carbocycles. The van der Waals surface area contributed by atoms with Crippen LogP contribution in [0, 0.1) is 0 Å². The third-order valence-electron chi connectivity index (χ3n) is 2.43. The maximum absolute atomic E-state index is 12.3. The molecule has 20 heavy (non-hydrogen) atoms. The lowest BCUT2D eigenvalue weighted by Gasteiger charge is -2.02. The Balaban J connectivity index is 1.86. The second kappa shape index (κ2) is 5.68. The molecular formula is C12H10F3NO3S. The average molecular weight is 305 g/mol. The highest BCUT2D eigenvalue weighted by molar-refractivity contribution is 7.12. The summed E-state index contributed by atoms with van der Waals surface area (Å²) in [7, 11) is 0. The highest BCUT2D eigenvalue weighted by Crippen LogP contribution is 2.30. The number of carboxylic acids is 1. The number of carboxylic acid groups (broad SMARTS) is 1. The van der Waals surface area contributed by atoms with Gasteiger partial charge >= 0.3 is 12.1 Å². The van der Waals surface area contributed by atoms with E-state index in [1.165, 1.54) is 12.1 Å². The minimum atomic E-state index is -4.48. The van der Waals surface area contributed by atoms with Crippen molar-refractivity contribution in [3.63, 3.8) is 0 Å². The molecule has 0 aliphatic carbocycles. The van der Waals surface area contributed by atoms with Gasteiger partial charge in [0.05, 0.1) is 6.54 Å². The van der Waals surface area contributed by atoms with Crippen LogP contribution in [0.25, 0.3) is 0 Å². The van der Waals surface area contributed by atoms with Gasteiger partial charge in [-0.15, -0.1) is 11.3 Å². The van der Waals surface area contributed by atoms with E-state index in [2.05, 4.69) is 9.73 Å². The van der Waals surface area contributed by atoms with Gasteiger partial charge in [0, 0.05) is 6.54 Å². The summed E-state index contributed by atoms with van der Waals surface area (Å²) in [5.74, 6) is -1.86. The Kier molecular flexibility index (Phi) is 4.15. The summed E-state index contributed by atoms with van der Waals surface area (Å²) in [6.07, 6.45) is -4.48. The molecule has 2 aromatic heterocycles. The number of aromatic carboxylic acids is 1. The minimum Gasteiger partial charge on any atom is -0.477 e. The van der Waals surface area contributed by atoms with Crippen molar-refractivity contribution >= 4 is 17.3 Å². The van der Waals surface area contributed by atoms with Crippen molar-refractivity contribution in [3.8, 4) is 0 Å². The zero-order valence-corrected chi connectivity index (χ0v) is 10.8. The summed E-state index contributed by atoms with van der Waals surface area (Å²) in [5, 5.41) is 13.3. The smallest absolute Gasteiger partial charge is 0.449 e. The standard InChI is InChI=1S/C12H10F3NO3S/c13-12(14,15)10-2-1-8(19-10)5-16-4-7-3-9(11(17)18)20-6-7/h1-3,6,16H,4-5H2,(H,17,18). The molecule has 0 amide bonds. The molecule has 0 bridgehead atoms. The van der Waals surface area contributed by atoms with Crippen molar-refractivity contribution in [2.75, 3.05) is 0 Å². The van der Waals surface area contributed by atoms with Gasteiger partial charge < -0.3 is 14.8 Å². The van der Waals surface area contributed by atoms with Crippen LogP contribution in [0.5, 0.6) is 0 Å². The van der Waals surface area contributed by atoms with Crippen molar-refractivity contribution in [1.29, 1.82) is 0 Å².